The summed E-state index contributed by atoms with van der Waals surface area (Å²) in [4.78, 5) is 46.6. The molecule has 0 saturated heterocycles. The van der Waals surface area contributed by atoms with E-state index in [4.69, 9.17) is 5.11 Å². The van der Waals surface area contributed by atoms with Gasteiger partial charge in [0, 0.05) is 24.6 Å². The first-order chi connectivity index (χ1) is 11.7. The van der Waals surface area contributed by atoms with Crippen LogP contribution in [0.5, 0.6) is 0 Å². The number of imide groups is 1. The summed E-state index contributed by atoms with van der Waals surface area (Å²) in [7, 11) is 0. The topological polar surface area (TPSA) is 130 Å². The minimum absolute atomic E-state index is 0.323. The van der Waals surface area contributed by atoms with Gasteiger partial charge in [0.25, 0.3) is 11.6 Å². The van der Waals surface area contributed by atoms with Gasteiger partial charge in [-0.2, -0.15) is 0 Å². The molecule has 1 aromatic rings. The Bertz CT molecular complexity index is 734. The largest absolute Gasteiger partial charge is 0.465 e. The molecular weight excluding hydrogens is 337 g/mol. The summed E-state index contributed by atoms with van der Waals surface area (Å²) in [5.74, 6) is -2.89. The Balaban J connectivity index is 2.29. The smallest absolute Gasteiger partial charge is 0.404 e. The second kappa shape index (κ2) is 7.24. The first-order valence-electron chi connectivity index (χ1n) is 7.51. The van der Waals surface area contributed by atoms with Gasteiger partial charge in [-0.25, -0.2) is 9.18 Å². The van der Waals surface area contributed by atoms with Crippen LogP contribution in [0.3, 0.4) is 0 Å². The standard InChI is InChI=1S/C15H16FN3O6/c1-8(17-15(22)23)7-12(20)18(9-5-6-9)14(21)13-10(16)3-2-4-11(13)19(24)25/h2-4,8-9,17H,5-7H2,1H3,(H,22,23). The van der Waals surface area contributed by atoms with Gasteiger partial charge in [-0.3, -0.25) is 24.6 Å². The summed E-state index contributed by atoms with van der Waals surface area (Å²) in [6.07, 6.45) is -0.619. The van der Waals surface area contributed by atoms with E-state index >= 15 is 0 Å². The van der Waals surface area contributed by atoms with E-state index in [1.165, 1.54) is 6.92 Å². The van der Waals surface area contributed by atoms with Crippen LogP contribution in [-0.4, -0.2) is 44.9 Å². The minimum Gasteiger partial charge on any atom is -0.465 e. The lowest BCUT2D eigenvalue weighted by molar-refractivity contribution is -0.385. The molecule has 1 atom stereocenters. The molecule has 0 spiro atoms. The van der Waals surface area contributed by atoms with Crippen LogP contribution < -0.4 is 5.32 Å². The van der Waals surface area contributed by atoms with E-state index in [1.807, 2.05) is 0 Å². The summed E-state index contributed by atoms with van der Waals surface area (Å²) in [6.45, 7) is 1.44. The number of halogens is 1. The van der Waals surface area contributed by atoms with Gasteiger partial charge >= 0.3 is 6.09 Å². The normalized spacial score (nSPS) is 14.5. The number of nitro groups is 1. The third kappa shape index (κ3) is 4.28. The zero-order chi connectivity index (χ0) is 18.7. The molecular formula is C15H16FN3O6. The summed E-state index contributed by atoms with van der Waals surface area (Å²) in [5.41, 5.74) is -1.49. The molecule has 1 aliphatic rings. The predicted molar refractivity (Wildman–Crippen MR) is 82.5 cm³/mol. The molecule has 1 saturated carbocycles. The lowest BCUT2D eigenvalue weighted by atomic mass is 10.1. The van der Waals surface area contributed by atoms with Crippen LogP contribution in [0.4, 0.5) is 14.9 Å². The van der Waals surface area contributed by atoms with E-state index in [-0.39, 0.29) is 6.42 Å². The molecule has 1 unspecified atom stereocenters. The van der Waals surface area contributed by atoms with Crippen LogP contribution in [-0.2, 0) is 4.79 Å². The van der Waals surface area contributed by atoms with Gasteiger partial charge in [0.2, 0.25) is 5.91 Å². The number of nitrogens with zero attached hydrogens (tertiary/aromatic N) is 2. The second-order valence-corrected chi connectivity index (χ2v) is 5.75. The zero-order valence-corrected chi connectivity index (χ0v) is 13.3. The predicted octanol–water partition coefficient (Wildman–Crippen LogP) is 1.91. The van der Waals surface area contributed by atoms with Crippen molar-refractivity contribution in [2.24, 2.45) is 0 Å². The highest BCUT2D eigenvalue weighted by Crippen LogP contribution is 2.32. The van der Waals surface area contributed by atoms with E-state index in [2.05, 4.69) is 5.32 Å². The second-order valence-electron chi connectivity index (χ2n) is 5.75. The Morgan fingerprint density at radius 1 is 1.44 bits per heavy atom. The van der Waals surface area contributed by atoms with Crippen molar-refractivity contribution in [1.82, 2.24) is 10.2 Å². The van der Waals surface area contributed by atoms with E-state index < -0.39 is 52.0 Å². The van der Waals surface area contributed by atoms with Crippen molar-refractivity contribution in [3.05, 3.63) is 39.7 Å². The van der Waals surface area contributed by atoms with Crippen molar-refractivity contribution in [3.63, 3.8) is 0 Å². The highest BCUT2D eigenvalue weighted by molar-refractivity contribution is 6.07. The fourth-order valence-electron chi connectivity index (χ4n) is 2.43. The van der Waals surface area contributed by atoms with Crippen LogP contribution >= 0.6 is 0 Å². The van der Waals surface area contributed by atoms with Gasteiger partial charge < -0.3 is 10.4 Å². The lowest BCUT2D eigenvalue weighted by Crippen LogP contribution is -2.43. The number of carboxylic acid groups (broad SMARTS) is 1. The van der Waals surface area contributed by atoms with Gasteiger partial charge in [0.1, 0.15) is 5.82 Å². The number of hydrogen-bond donors (Lipinski definition) is 2. The molecule has 134 valence electrons. The maximum Gasteiger partial charge on any atom is 0.404 e. The van der Waals surface area contributed by atoms with Gasteiger partial charge in [0.05, 0.1) is 4.92 Å². The van der Waals surface area contributed by atoms with Crippen molar-refractivity contribution in [3.8, 4) is 0 Å². The molecule has 0 aromatic heterocycles. The summed E-state index contributed by atoms with van der Waals surface area (Å²) in [5, 5.41) is 21.8. The monoisotopic (exact) mass is 353 g/mol. The molecule has 0 radical (unpaired) electrons. The van der Waals surface area contributed by atoms with Crippen molar-refractivity contribution in [2.75, 3.05) is 0 Å². The Morgan fingerprint density at radius 3 is 2.60 bits per heavy atom. The van der Waals surface area contributed by atoms with Crippen molar-refractivity contribution in [2.45, 2.75) is 38.3 Å². The lowest BCUT2D eigenvalue weighted by Gasteiger charge is -2.22. The molecule has 10 heteroatoms. The SMILES string of the molecule is CC(CC(=O)N(C(=O)c1c(F)cccc1[N+](=O)[O-])C1CC1)NC(=O)O. The number of hydrogen-bond acceptors (Lipinski definition) is 5. The van der Waals surface area contributed by atoms with Gasteiger partial charge in [-0.1, -0.05) is 6.07 Å². The van der Waals surface area contributed by atoms with Gasteiger partial charge in [0.15, 0.2) is 5.56 Å². The Kier molecular flexibility index (Phi) is 5.30. The summed E-state index contributed by atoms with van der Waals surface area (Å²) < 4.78 is 14.0. The molecule has 1 fully saturated rings. The van der Waals surface area contributed by atoms with Crippen molar-refractivity contribution < 1.29 is 28.8 Å². The van der Waals surface area contributed by atoms with E-state index in [1.54, 1.807) is 0 Å². The molecule has 1 aromatic carbocycles. The van der Waals surface area contributed by atoms with Crippen molar-refractivity contribution in [1.29, 1.82) is 0 Å². The first kappa shape index (κ1) is 18.3. The quantitative estimate of drug-likeness (QED) is 0.593. The third-order valence-corrected chi connectivity index (χ3v) is 3.65. The Labute approximate surface area is 141 Å². The maximum absolute atomic E-state index is 14.0. The number of carbonyl (C=O) groups excluding carboxylic acids is 2. The summed E-state index contributed by atoms with van der Waals surface area (Å²) in [6, 6.07) is 1.77. The van der Waals surface area contributed by atoms with Crippen molar-refractivity contribution >= 4 is 23.6 Å². The highest BCUT2D eigenvalue weighted by atomic mass is 19.1. The number of carbonyl (C=O) groups is 3. The Morgan fingerprint density at radius 2 is 2.08 bits per heavy atom. The van der Waals surface area contributed by atoms with Crippen LogP contribution in [0, 0.1) is 15.9 Å². The minimum atomic E-state index is -1.32. The molecule has 2 rings (SSSR count). The first-order valence-corrected chi connectivity index (χ1v) is 7.51. The van der Waals surface area contributed by atoms with Gasteiger partial charge in [-0.15, -0.1) is 0 Å². The van der Waals surface area contributed by atoms with E-state index in [0.29, 0.717) is 12.8 Å². The summed E-state index contributed by atoms with van der Waals surface area (Å²) >= 11 is 0. The van der Waals surface area contributed by atoms with E-state index in [0.717, 1.165) is 23.1 Å². The number of amides is 3. The number of nitrogens with one attached hydrogen (secondary N) is 1. The number of rotatable bonds is 6. The molecule has 0 heterocycles. The molecule has 0 bridgehead atoms. The molecule has 9 nitrogen and oxygen atoms in total. The molecule has 25 heavy (non-hydrogen) atoms. The molecule has 0 aliphatic heterocycles. The fourth-order valence-corrected chi connectivity index (χ4v) is 2.43. The third-order valence-electron chi connectivity index (χ3n) is 3.65. The Hall–Kier alpha value is -3.04. The van der Waals surface area contributed by atoms with Crippen LogP contribution in [0.15, 0.2) is 18.2 Å². The van der Waals surface area contributed by atoms with Gasteiger partial charge in [-0.05, 0) is 25.8 Å². The average Bonchev–Trinajstić information content (AvgIpc) is 3.30. The molecule has 3 amide bonds. The van der Waals surface area contributed by atoms with Crippen LogP contribution in [0.1, 0.15) is 36.5 Å². The number of nitro benzene ring substituents is 1. The fraction of sp³-hybridized carbons (Fsp3) is 0.400. The zero-order valence-electron chi connectivity index (χ0n) is 13.3. The highest BCUT2D eigenvalue weighted by Gasteiger charge is 2.41. The van der Waals surface area contributed by atoms with Crippen LogP contribution in [0.2, 0.25) is 0 Å². The molecule has 2 N–H and O–H groups in total. The average molecular weight is 353 g/mol. The van der Waals surface area contributed by atoms with E-state index in [9.17, 15) is 28.9 Å². The molecule has 1 aliphatic carbocycles. The van der Waals surface area contributed by atoms with Crippen LogP contribution in [0.25, 0.3) is 0 Å². The maximum atomic E-state index is 14.0. The number of benzene rings is 1.